The van der Waals surface area contributed by atoms with E-state index in [-0.39, 0.29) is 12.4 Å². The topological polar surface area (TPSA) is 20.3 Å². The minimum atomic E-state index is 0. The highest BCUT2D eigenvalue weighted by atomic mass is 35.5. The fourth-order valence-electron chi connectivity index (χ4n) is 4.39. The van der Waals surface area contributed by atoms with Gasteiger partial charge in [-0.1, -0.05) is 54.6 Å². The van der Waals surface area contributed by atoms with E-state index in [2.05, 4.69) is 47.4 Å². The van der Waals surface area contributed by atoms with Crippen LogP contribution in [0.1, 0.15) is 46.7 Å². The number of hydrogen-bond donors (Lipinski definition) is 0. The van der Waals surface area contributed by atoms with Crippen molar-refractivity contribution >= 4 is 18.2 Å². The van der Waals surface area contributed by atoms with Gasteiger partial charge in [-0.15, -0.1) is 12.4 Å². The molecule has 1 aliphatic carbocycles. The zero-order valence-electron chi connectivity index (χ0n) is 14.6. The zero-order chi connectivity index (χ0) is 16.4. The minimum absolute atomic E-state index is 0. The third-order valence-electron chi connectivity index (χ3n) is 5.68. The van der Waals surface area contributed by atoms with Gasteiger partial charge in [0.25, 0.3) is 0 Å². The lowest BCUT2D eigenvalue weighted by molar-refractivity contribution is 0.0921. The largest absolute Gasteiger partial charge is 0.303 e. The van der Waals surface area contributed by atoms with Gasteiger partial charge in [0.05, 0.1) is 0 Å². The summed E-state index contributed by atoms with van der Waals surface area (Å²) in [5.41, 5.74) is 3.69. The molecule has 0 amide bonds. The number of benzene rings is 2. The summed E-state index contributed by atoms with van der Waals surface area (Å²) in [7, 11) is 0. The SMILES string of the molecule is Cl.O=C1C[C@H](CN2CCC(c3ccccc3)CC2)Cc2ccccc21. The molecule has 0 bridgehead atoms. The van der Waals surface area contributed by atoms with Crippen molar-refractivity contribution in [2.45, 2.75) is 31.6 Å². The smallest absolute Gasteiger partial charge is 0.163 e. The maximum Gasteiger partial charge on any atom is 0.163 e. The Labute approximate surface area is 156 Å². The van der Waals surface area contributed by atoms with Gasteiger partial charge in [0.15, 0.2) is 5.78 Å². The van der Waals surface area contributed by atoms with E-state index in [9.17, 15) is 4.79 Å². The van der Waals surface area contributed by atoms with Gasteiger partial charge in [-0.25, -0.2) is 0 Å². The maximum atomic E-state index is 12.4. The molecule has 3 heteroatoms. The molecule has 2 nitrogen and oxygen atoms in total. The van der Waals surface area contributed by atoms with Crippen LogP contribution in [0.2, 0.25) is 0 Å². The van der Waals surface area contributed by atoms with Gasteiger partial charge < -0.3 is 4.90 Å². The molecule has 132 valence electrons. The highest BCUT2D eigenvalue weighted by Crippen LogP contribution is 2.30. The van der Waals surface area contributed by atoms with E-state index in [1.165, 1.54) is 24.0 Å². The monoisotopic (exact) mass is 355 g/mol. The van der Waals surface area contributed by atoms with Crippen LogP contribution in [0.25, 0.3) is 0 Å². The van der Waals surface area contributed by atoms with Crippen molar-refractivity contribution in [1.82, 2.24) is 4.90 Å². The van der Waals surface area contributed by atoms with Crippen LogP contribution in [-0.2, 0) is 6.42 Å². The number of likely N-dealkylation sites (tertiary alicyclic amines) is 1. The summed E-state index contributed by atoms with van der Waals surface area (Å²) in [5.74, 6) is 1.53. The van der Waals surface area contributed by atoms with Gasteiger partial charge in [0, 0.05) is 18.5 Å². The van der Waals surface area contributed by atoms with Crippen molar-refractivity contribution in [2.24, 2.45) is 5.92 Å². The number of nitrogens with zero attached hydrogens (tertiary/aromatic N) is 1. The van der Waals surface area contributed by atoms with E-state index in [1.54, 1.807) is 0 Å². The third kappa shape index (κ3) is 4.13. The van der Waals surface area contributed by atoms with Crippen molar-refractivity contribution in [3.63, 3.8) is 0 Å². The van der Waals surface area contributed by atoms with Gasteiger partial charge in [-0.05, 0) is 55.3 Å². The fourth-order valence-corrected chi connectivity index (χ4v) is 4.39. The first-order valence-electron chi connectivity index (χ1n) is 9.18. The predicted octanol–water partition coefficient (Wildman–Crippen LogP) is 4.73. The Hall–Kier alpha value is -1.64. The van der Waals surface area contributed by atoms with Gasteiger partial charge in [-0.3, -0.25) is 4.79 Å². The summed E-state index contributed by atoms with van der Waals surface area (Å²) < 4.78 is 0. The first-order valence-corrected chi connectivity index (χ1v) is 9.18. The molecule has 1 fully saturated rings. The van der Waals surface area contributed by atoms with Crippen LogP contribution in [-0.4, -0.2) is 30.3 Å². The van der Waals surface area contributed by atoms with Crippen molar-refractivity contribution < 1.29 is 4.79 Å². The summed E-state index contributed by atoms with van der Waals surface area (Å²) in [6.45, 7) is 3.39. The average molecular weight is 356 g/mol. The first-order chi connectivity index (χ1) is 11.8. The minimum Gasteiger partial charge on any atom is -0.303 e. The Morgan fingerprint density at radius 1 is 0.880 bits per heavy atom. The molecule has 0 spiro atoms. The van der Waals surface area contributed by atoms with Crippen LogP contribution in [0.5, 0.6) is 0 Å². The lowest BCUT2D eigenvalue weighted by Gasteiger charge is -2.35. The van der Waals surface area contributed by atoms with E-state index in [0.29, 0.717) is 17.6 Å². The fraction of sp³-hybridized carbons (Fsp3) is 0.409. The highest BCUT2D eigenvalue weighted by molar-refractivity contribution is 5.98. The van der Waals surface area contributed by atoms with Crippen molar-refractivity contribution in [3.05, 3.63) is 71.3 Å². The number of fused-ring (bicyclic) bond motifs is 1. The second kappa shape index (κ2) is 8.16. The van der Waals surface area contributed by atoms with E-state index >= 15 is 0 Å². The number of halogens is 1. The Morgan fingerprint density at radius 3 is 2.32 bits per heavy atom. The Bertz CT molecular complexity index is 707. The molecule has 1 heterocycles. The summed E-state index contributed by atoms with van der Waals surface area (Å²) >= 11 is 0. The number of carbonyl (C=O) groups excluding carboxylic acids is 1. The summed E-state index contributed by atoms with van der Waals surface area (Å²) in [4.78, 5) is 14.9. The molecule has 0 unspecified atom stereocenters. The number of Topliss-reactive ketones (excluding diaryl/α,β-unsaturated/α-hetero) is 1. The van der Waals surface area contributed by atoms with Crippen LogP contribution in [0.4, 0.5) is 0 Å². The maximum absolute atomic E-state index is 12.4. The van der Waals surface area contributed by atoms with E-state index in [0.717, 1.165) is 38.0 Å². The van der Waals surface area contributed by atoms with E-state index in [1.807, 2.05) is 12.1 Å². The molecular weight excluding hydrogens is 330 g/mol. The third-order valence-corrected chi connectivity index (χ3v) is 5.68. The normalized spacial score (nSPS) is 21.4. The van der Waals surface area contributed by atoms with Crippen molar-refractivity contribution in [2.75, 3.05) is 19.6 Å². The predicted molar refractivity (Wildman–Crippen MR) is 105 cm³/mol. The van der Waals surface area contributed by atoms with Crippen LogP contribution < -0.4 is 0 Å². The lowest BCUT2D eigenvalue weighted by Crippen LogP contribution is -2.38. The Kier molecular flexibility index (Phi) is 5.93. The number of piperidine rings is 1. The molecular formula is C22H26ClNO. The number of hydrogen-bond acceptors (Lipinski definition) is 2. The molecule has 1 saturated heterocycles. The summed E-state index contributed by atoms with van der Waals surface area (Å²) in [5, 5.41) is 0. The molecule has 1 aliphatic heterocycles. The highest BCUT2D eigenvalue weighted by Gasteiger charge is 2.28. The van der Waals surface area contributed by atoms with Gasteiger partial charge >= 0.3 is 0 Å². The quantitative estimate of drug-likeness (QED) is 0.793. The second-order valence-electron chi connectivity index (χ2n) is 7.34. The van der Waals surface area contributed by atoms with Crippen molar-refractivity contribution in [1.29, 1.82) is 0 Å². The van der Waals surface area contributed by atoms with Crippen LogP contribution in [0.15, 0.2) is 54.6 Å². The number of ketones is 1. The second-order valence-corrected chi connectivity index (χ2v) is 7.34. The molecule has 2 aromatic rings. The lowest BCUT2D eigenvalue weighted by atomic mass is 9.82. The standard InChI is InChI=1S/C22H25NO.ClH/c24-22-15-17(14-20-8-4-5-9-21(20)22)16-23-12-10-19(11-13-23)18-6-2-1-3-7-18;/h1-9,17,19H,10-16H2;1H/t17-;/m1./s1. The average Bonchev–Trinajstić information content (AvgIpc) is 2.63. The van der Waals surface area contributed by atoms with Crippen LogP contribution >= 0.6 is 12.4 Å². The van der Waals surface area contributed by atoms with Gasteiger partial charge in [-0.2, -0.15) is 0 Å². The zero-order valence-corrected chi connectivity index (χ0v) is 15.4. The Balaban J connectivity index is 0.00000182. The van der Waals surface area contributed by atoms with Crippen LogP contribution in [0.3, 0.4) is 0 Å². The molecule has 2 aliphatic rings. The summed E-state index contributed by atoms with van der Waals surface area (Å²) in [6.07, 6.45) is 4.25. The van der Waals surface area contributed by atoms with Crippen molar-refractivity contribution in [3.8, 4) is 0 Å². The molecule has 0 N–H and O–H groups in total. The molecule has 2 aromatic carbocycles. The molecule has 0 saturated carbocycles. The summed E-state index contributed by atoms with van der Waals surface area (Å²) in [6, 6.07) is 19.1. The molecule has 1 atom stereocenters. The van der Waals surface area contributed by atoms with E-state index in [4.69, 9.17) is 0 Å². The molecule has 0 aromatic heterocycles. The van der Waals surface area contributed by atoms with Gasteiger partial charge in [0.2, 0.25) is 0 Å². The number of carbonyl (C=O) groups is 1. The molecule has 4 rings (SSSR count). The van der Waals surface area contributed by atoms with Crippen LogP contribution in [0, 0.1) is 5.92 Å². The van der Waals surface area contributed by atoms with Gasteiger partial charge in [0.1, 0.15) is 0 Å². The Morgan fingerprint density at radius 2 is 1.56 bits per heavy atom. The first kappa shape index (κ1) is 18.2. The van der Waals surface area contributed by atoms with E-state index < -0.39 is 0 Å². The molecule has 0 radical (unpaired) electrons. The number of rotatable bonds is 3. The molecule has 25 heavy (non-hydrogen) atoms.